The number of aromatic nitrogens is 3. The van der Waals surface area contributed by atoms with Crippen molar-refractivity contribution in [2.45, 2.75) is 50.4 Å². The van der Waals surface area contributed by atoms with Gasteiger partial charge in [0, 0.05) is 51.9 Å². The standard InChI is InChI=1S/C27H29N3O3S2/c1-14-12-28-15(2)21(22(14)33-5)23-25(3)26-9-8-16(26)10-20(31)27(25,26)13-34-30-19-11-17(32-4)6-7-18(19)29-24(30)35-23/h6-7,11-12,16,23H,8-10,13H2,1-5H3. The lowest BCUT2D eigenvalue weighted by Crippen LogP contribution is -2.34. The number of fused-ring (bicyclic) bond motifs is 3. The fourth-order valence-corrected chi connectivity index (χ4v) is 11.6. The Kier molecular flexibility index (Phi) is 4.39. The molecule has 7 rings (SSSR count). The summed E-state index contributed by atoms with van der Waals surface area (Å²) in [6.45, 7) is 6.52. The van der Waals surface area contributed by atoms with Crippen LogP contribution in [0.3, 0.4) is 0 Å². The van der Waals surface area contributed by atoms with E-state index in [-0.39, 0.29) is 21.5 Å². The Morgan fingerprint density at radius 3 is 2.74 bits per heavy atom. The van der Waals surface area contributed by atoms with Gasteiger partial charge in [0.25, 0.3) is 0 Å². The fourth-order valence-electron chi connectivity index (χ4n) is 8.20. The van der Waals surface area contributed by atoms with E-state index in [9.17, 15) is 4.79 Å². The fraction of sp³-hybridized carbons (Fsp3) is 0.519. The van der Waals surface area contributed by atoms with E-state index in [1.165, 1.54) is 0 Å². The molecular weight excluding hydrogens is 478 g/mol. The second-order valence-corrected chi connectivity index (χ2v) is 12.7. The molecule has 3 aromatic rings. The summed E-state index contributed by atoms with van der Waals surface area (Å²) in [6.07, 6.45) is 4.93. The number of ketones is 1. The maximum atomic E-state index is 13.9. The molecule has 2 aromatic heterocycles. The van der Waals surface area contributed by atoms with Gasteiger partial charge in [-0.15, -0.1) is 0 Å². The quantitative estimate of drug-likeness (QED) is 0.445. The van der Waals surface area contributed by atoms with Crippen LogP contribution in [0, 0.1) is 36.0 Å². The number of hydrogen-bond acceptors (Lipinski definition) is 7. The molecule has 1 aromatic carbocycles. The van der Waals surface area contributed by atoms with E-state index in [2.05, 4.69) is 30.8 Å². The van der Waals surface area contributed by atoms with Crippen LogP contribution in [0.2, 0.25) is 0 Å². The summed E-state index contributed by atoms with van der Waals surface area (Å²) >= 11 is 3.55. The molecule has 0 radical (unpaired) electrons. The molecule has 0 saturated heterocycles. The largest absolute Gasteiger partial charge is 0.497 e. The first-order valence-electron chi connectivity index (χ1n) is 12.2. The van der Waals surface area contributed by atoms with Gasteiger partial charge in [0.15, 0.2) is 5.16 Å². The first-order chi connectivity index (χ1) is 16.8. The molecule has 3 heterocycles. The van der Waals surface area contributed by atoms with E-state index in [4.69, 9.17) is 19.4 Å². The molecule has 0 bridgehead atoms. The van der Waals surface area contributed by atoms with Gasteiger partial charge >= 0.3 is 0 Å². The van der Waals surface area contributed by atoms with Crippen LogP contribution in [0.1, 0.15) is 48.3 Å². The number of benzene rings is 1. The van der Waals surface area contributed by atoms with Gasteiger partial charge < -0.3 is 9.47 Å². The lowest BCUT2D eigenvalue weighted by Gasteiger charge is -2.42. The van der Waals surface area contributed by atoms with Crippen molar-refractivity contribution < 1.29 is 14.3 Å². The lowest BCUT2D eigenvalue weighted by molar-refractivity contribution is -0.123. The van der Waals surface area contributed by atoms with Crippen molar-refractivity contribution in [1.29, 1.82) is 0 Å². The molecule has 0 N–H and O–H groups in total. The second kappa shape index (κ2) is 6.97. The molecule has 1 aliphatic heterocycles. The molecule has 3 aliphatic carbocycles. The van der Waals surface area contributed by atoms with Gasteiger partial charge in [-0.2, -0.15) is 0 Å². The number of Topliss-reactive ketones (excluding diaryl/α,β-unsaturated/α-hetero) is 1. The lowest BCUT2D eigenvalue weighted by atomic mass is 9.65. The third-order valence-electron chi connectivity index (χ3n) is 9.86. The highest BCUT2D eigenvalue weighted by molar-refractivity contribution is 8.01. The maximum Gasteiger partial charge on any atom is 0.180 e. The number of pyridine rings is 1. The van der Waals surface area contributed by atoms with Crippen LogP contribution in [0.5, 0.6) is 11.5 Å². The summed E-state index contributed by atoms with van der Waals surface area (Å²) in [6, 6.07) is 6.03. The first-order valence-corrected chi connectivity index (χ1v) is 14.1. The summed E-state index contributed by atoms with van der Waals surface area (Å²) in [7, 11) is 3.44. The molecule has 182 valence electrons. The number of aryl methyl sites for hydroxylation is 2. The van der Waals surface area contributed by atoms with Gasteiger partial charge in [0.2, 0.25) is 0 Å². The van der Waals surface area contributed by atoms with Crippen molar-refractivity contribution in [1.82, 2.24) is 13.9 Å². The van der Waals surface area contributed by atoms with Crippen molar-refractivity contribution >= 4 is 40.5 Å². The number of ether oxygens (including phenoxy) is 2. The van der Waals surface area contributed by atoms with Gasteiger partial charge in [-0.3, -0.25) is 13.8 Å². The number of imidazole rings is 1. The second-order valence-electron chi connectivity index (χ2n) is 10.7. The van der Waals surface area contributed by atoms with Crippen molar-refractivity contribution in [3.8, 4) is 11.5 Å². The normalized spacial score (nSPS) is 34.7. The average molecular weight is 508 g/mol. The molecule has 3 saturated carbocycles. The van der Waals surface area contributed by atoms with Gasteiger partial charge in [-0.1, -0.05) is 18.7 Å². The maximum absolute atomic E-state index is 13.9. The molecule has 35 heavy (non-hydrogen) atoms. The van der Waals surface area contributed by atoms with Crippen molar-refractivity contribution in [3.05, 3.63) is 41.2 Å². The van der Waals surface area contributed by atoms with Crippen LogP contribution in [0.25, 0.3) is 11.0 Å². The van der Waals surface area contributed by atoms with Gasteiger partial charge in [-0.25, -0.2) is 4.98 Å². The molecule has 2 spiro atoms. The van der Waals surface area contributed by atoms with E-state index in [1.54, 1.807) is 37.9 Å². The van der Waals surface area contributed by atoms with E-state index >= 15 is 0 Å². The van der Waals surface area contributed by atoms with Crippen LogP contribution in [-0.2, 0) is 4.79 Å². The topological polar surface area (TPSA) is 66.2 Å². The average Bonchev–Trinajstić information content (AvgIpc) is 3.06. The number of hydrogen-bond donors (Lipinski definition) is 0. The van der Waals surface area contributed by atoms with Crippen LogP contribution in [-0.4, -0.2) is 39.7 Å². The van der Waals surface area contributed by atoms with Gasteiger partial charge in [-0.05, 0) is 62.1 Å². The van der Waals surface area contributed by atoms with E-state index in [0.717, 1.165) is 69.5 Å². The number of rotatable bonds is 3. The number of carbonyl (C=O) groups is 1. The van der Waals surface area contributed by atoms with Gasteiger partial charge in [0.05, 0.1) is 30.7 Å². The number of thioether (sulfide) groups is 1. The smallest absolute Gasteiger partial charge is 0.180 e. The Balaban J connectivity index is 1.49. The molecule has 5 atom stereocenters. The zero-order valence-corrected chi connectivity index (χ0v) is 22.3. The van der Waals surface area contributed by atoms with Crippen molar-refractivity contribution in [2.75, 3.05) is 20.0 Å². The minimum atomic E-state index is -0.320. The van der Waals surface area contributed by atoms with E-state index in [1.807, 2.05) is 18.3 Å². The molecule has 8 heteroatoms. The highest BCUT2D eigenvalue weighted by atomic mass is 32.2. The predicted molar refractivity (Wildman–Crippen MR) is 138 cm³/mol. The summed E-state index contributed by atoms with van der Waals surface area (Å²) in [5.41, 5.74) is 4.70. The van der Waals surface area contributed by atoms with Crippen molar-refractivity contribution in [2.24, 2.45) is 22.2 Å². The minimum absolute atomic E-state index is 0.0234. The first kappa shape index (κ1) is 22.0. The third-order valence-corrected chi connectivity index (χ3v) is 12.6. The Hall–Kier alpha value is -2.19. The van der Waals surface area contributed by atoms with Crippen LogP contribution in [0.4, 0.5) is 0 Å². The highest BCUT2D eigenvalue weighted by Crippen LogP contribution is 2.96. The molecule has 3 fully saturated rings. The number of methoxy groups -OCH3 is 2. The van der Waals surface area contributed by atoms with Crippen LogP contribution < -0.4 is 9.47 Å². The van der Waals surface area contributed by atoms with Crippen LogP contribution in [0.15, 0.2) is 29.6 Å². The molecule has 6 nitrogen and oxygen atoms in total. The molecular formula is C27H29N3O3S2. The highest BCUT2D eigenvalue weighted by Gasteiger charge is 2.95. The summed E-state index contributed by atoms with van der Waals surface area (Å²) in [5, 5.41) is 0.988. The summed E-state index contributed by atoms with van der Waals surface area (Å²) in [4.78, 5) is 23.7. The van der Waals surface area contributed by atoms with Crippen LogP contribution >= 0.6 is 23.7 Å². The number of nitrogens with zero attached hydrogens (tertiary/aromatic N) is 3. The monoisotopic (exact) mass is 507 g/mol. The number of carbonyl (C=O) groups excluding carboxylic acids is 1. The SMILES string of the molecule is COc1ccc2nc3n(c2c1)SCC12C(=O)CC4CCC41C2(C)C(c1c(C)ncc(C)c1OC)S3. The third kappa shape index (κ3) is 2.30. The summed E-state index contributed by atoms with van der Waals surface area (Å²) < 4.78 is 13.8. The Morgan fingerprint density at radius 2 is 2.03 bits per heavy atom. The molecule has 0 amide bonds. The van der Waals surface area contributed by atoms with Gasteiger partial charge in [0.1, 0.15) is 17.3 Å². The predicted octanol–water partition coefficient (Wildman–Crippen LogP) is 5.78. The van der Waals surface area contributed by atoms with E-state index in [0.29, 0.717) is 11.7 Å². The zero-order chi connectivity index (χ0) is 24.3. The Bertz CT molecular complexity index is 1440. The Morgan fingerprint density at radius 1 is 1.20 bits per heavy atom. The minimum Gasteiger partial charge on any atom is -0.497 e. The molecule has 5 unspecified atom stereocenters. The Labute approximate surface area is 213 Å². The molecule has 4 aliphatic rings. The van der Waals surface area contributed by atoms with E-state index < -0.39 is 0 Å². The zero-order valence-electron chi connectivity index (χ0n) is 20.7. The van der Waals surface area contributed by atoms with Crippen molar-refractivity contribution in [3.63, 3.8) is 0 Å². The summed E-state index contributed by atoms with van der Waals surface area (Å²) in [5.74, 6) is 3.45.